The van der Waals surface area contributed by atoms with E-state index in [4.69, 9.17) is 4.74 Å². The minimum absolute atomic E-state index is 0.220. The van der Waals surface area contributed by atoms with Gasteiger partial charge in [0.25, 0.3) is 5.91 Å². The molecule has 1 aliphatic rings. The van der Waals surface area contributed by atoms with Crippen molar-refractivity contribution in [3.63, 3.8) is 0 Å². The Hall–Kier alpha value is -2.48. The largest absolute Gasteiger partial charge is 0.454 e. The maximum absolute atomic E-state index is 12.5. The molecule has 2 aromatic rings. The van der Waals surface area contributed by atoms with Gasteiger partial charge in [0.15, 0.2) is 6.61 Å². The Bertz CT molecular complexity index is 723. The molecule has 1 saturated heterocycles. The number of likely N-dealkylation sites (N-methyl/N-ethyl adjacent to an activating group) is 1. The number of hydrogen-bond donors (Lipinski definition) is 0. The highest BCUT2D eigenvalue weighted by Gasteiger charge is 2.32. The molecule has 0 spiro atoms. The van der Waals surface area contributed by atoms with Crippen molar-refractivity contribution < 1.29 is 14.3 Å². The first kappa shape index (κ1) is 18.3. The van der Waals surface area contributed by atoms with Gasteiger partial charge in [-0.25, -0.2) is 14.8 Å². The minimum atomic E-state index is -0.443. The van der Waals surface area contributed by atoms with Gasteiger partial charge < -0.3 is 14.5 Å². The van der Waals surface area contributed by atoms with E-state index in [1.807, 2.05) is 21.7 Å². The maximum Gasteiger partial charge on any atom is 0.329 e. The fourth-order valence-electron chi connectivity index (χ4n) is 2.94. The number of amides is 1. The van der Waals surface area contributed by atoms with E-state index in [9.17, 15) is 9.59 Å². The van der Waals surface area contributed by atoms with Gasteiger partial charge >= 0.3 is 5.97 Å². The summed E-state index contributed by atoms with van der Waals surface area (Å²) in [5.74, 6) is -0.0904. The Morgan fingerprint density at radius 3 is 2.88 bits per heavy atom. The molecule has 0 aromatic carbocycles. The van der Waals surface area contributed by atoms with Crippen LogP contribution in [-0.2, 0) is 20.9 Å². The lowest BCUT2D eigenvalue weighted by atomic mass is 10.0. The Morgan fingerprint density at radius 2 is 2.15 bits per heavy atom. The molecular formula is C18H22N4O3S. The van der Waals surface area contributed by atoms with Crippen molar-refractivity contribution in [2.45, 2.75) is 31.8 Å². The molecule has 3 heterocycles. The number of aromatic nitrogens is 2. The molecule has 1 fully saturated rings. The number of nitrogens with zero attached hydrogens (tertiary/aromatic N) is 4. The Labute approximate surface area is 156 Å². The molecule has 138 valence electrons. The first-order chi connectivity index (χ1) is 12.6. The monoisotopic (exact) mass is 374 g/mol. The van der Waals surface area contributed by atoms with Crippen molar-refractivity contribution in [3.05, 3.63) is 40.8 Å². The van der Waals surface area contributed by atoms with E-state index < -0.39 is 12.0 Å². The third-order valence-electron chi connectivity index (χ3n) is 4.35. The van der Waals surface area contributed by atoms with Crippen molar-refractivity contribution in [3.8, 4) is 0 Å². The summed E-state index contributed by atoms with van der Waals surface area (Å²) in [5.41, 5.74) is 1.07. The smallest absolute Gasteiger partial charge is 0.329 e. The molecule has 0 unspecified atom stereocenters. The van der Waals surface area contributed by atoms with Crippen LogP contribution in [0.2, 0.25) is 0 Å². The van der Waals surface area contributed by atoms with Crippen molar-refractivity contribution in [1.29, 1.82) is 0 Å². The molecule has 0 N–H and O–H groups in total. The van der Waals surface area contributed by atoms with Gasteiger partial charge in [0.1, 0.15) is 6.04 Å². The fourth-order valence-corrected chi connectivity index (χ4v) is 3.60. The number of carbonyl (C=O) groups excluding carboxylic acids is 2. The van der Waals surface area contributed by atoms with E-state index in [1.165, 1.54) is 0 Å². The van der Waals surface area contributed by atoms with Gasteiger partial charge in [-0.2, -0.15) is 11.3 Å². The highest BCUT2D eigenvalue weighted by atomic mass is 32.1. The lowest BCUT2D eigenvalue weighted by Crippen LogP contribution is -2.47. The average Bonchev–Trinajstić information content (AvgIpc) is 3.19. The van der Waals surface area contributed by atoms with Crippen LogP contribution in [0.15, 0.2) is 35.3 Å². The second-order valence-electron chi connectivity index (χ2n) is 6.24. The van der Waals surface area contributed by atoms with Crippen molar-refractivity contribution >= 4 is 29.2 Å². The lowest BCUT2D eigenvalue weighted by molar-refractivity contribution is -0.153. The normalized spacial score (nSPS) is 17.0. The second kappa shape index (κ2) is 8.75. The molecule has 1 amide bonds. The second-order valence-corrected chi connectivity index (χ2v) is 7.02. The Balaban J connectivity index is 1.55. The third kappa shape index (κ3) is 4.57. The van der Waals surface area contributed by atoms with Crippen LogP contribution in [0.1, 0.15) is 24.8 Å². The summed E-state index contributed by atoms with van der Waals surface area (Å²) in [6, 6.07) is 3.27. The summed E-state index contributed by atoms with van der Waals surface area (Å²) in [5, 5.41) is 3.96. The number of ether oxygens (including phenoxy) is 1. The molecular weight excluding hydrogens is 352 g/mol. The van der Waals surface area contributed by atoms with Crippen molar-refractivity contribution in [1.82, 2.24) is 14.9 Å². The third-order valence-corrected chi connectivity index (χ3v) is 5.08. The van der Waals surface area contributed by atoms with Gasteiger partial charge in [-0.1, -0.05) is 0 Å². The van der Waals surface area contributed by atoms with Gasteiger partial charge in [-0.15, -0.1) is 0 Å². The molecule has 1 aliphatic heterocycles. The van der Waals surface area contributed by atoms with Gasteiger partial charge in [0.2, 0.25) is 5.95 Å². The number of esters is 1. The molecule has 0 saturated carbocycles. The molecule has 2 aromatic heterocycles. The van der Waals surface area contributed by atoms with Gasteiger partial charge in [0.05, 0.1) is 0 Å². The fraction of sp³-hybridized carbons (Fsp3) is 0.444. The SMILES string of the molecule is CN(Cc1ccsc1)C(=O)COC(=O)[C@@H]1CCCCN1c1ncccn1. The van der Waals surface area contributed by atoms with E-state index in [0.717, 1.165) is 18.4 Å². The van der Waals surface area contributed by atoms with E-state index in [2.05, 4.69) is 9.97 Å². The molecule has 8 heteroatoms. The van der Waals surface area contributed by atoms with E-state index in [1.54, 1.807) is 41.7 Å². The number of carbonyl (C=O) groups is 2. The van der Waals surface area contributed by atoms with Gasteiger partial charge in [-0.05, 0) is 47.7 Å². The first-order valence-electron chi connectivity index (χ1n) is 8.60. The average molecular weight is 374 g/mol. The molecule has 0 bridgehead atoms. The van der Waals surface area contributed by atoms with E-state index >= 15 is 0 Å². The maximum atomic E-state index is 12.5. The Morgan fingerprint density at radius 1 is 1.35 bits per heavy atom. The standard InChI is InChI=1S/C18H22N4O3S/c1-21(11-14-6-10-26-13-14)16(23)12-25-17(24)15-5-2-3-9-22(15)18-19-7-4-8-20-18/h4,6-8,10,13,15H,2-3,5,9,11-12H2,1H3/t15-/m0/s1. The zero-order valence-corrected chi connectivity index (χ0v) is 15.5. The van der Waals surface area contributed by atoms with Crippen LogP contribution in [0.3, 0.4) is 0 Å². The number of piperidine rings is 1. The predicted molar refractivity (Wildman–Crippen MR) is 98.8 cm³/mol. The van der Waals surface area contributed by atoms with E-state index in [-0.39, 0.29) is 12.5 Å². The van der Waals surface area contributed by atoms with Crippen LogP contribution in [0.5, 0.6) is 0 Å². The van der Waals surface area contributed by atoms with Crippen molar-refractivity contribution in [2.75, 3.05) is 25.1 Å². The molecule has 3 rings (SSSR count). The zero-order valence-electron chi connectivity index (χ0n) is 14.7. The highest BCUT2D eigenvalue weighted by Crippen LogP contribution is 2.22. The molecule has 7 nitrogen and oxygen atoms in total. The van der Waals surface area contributed by atoms with E-state index in [0.29, 0.717) is 25.5 Å². The van der Waals surface area contributed by atoms with Gasteiger partial charge in [0, 0.05) is 32.5 Å². The van der Waals surface area contributed by atoms with Crippen LogP contribution in [-0.4, -0.2) is 53.0 Å². The lowest BCUT2D eigenvalue weighted by Gasteiger charge is -2.33. The van der Waals surface area contributed by atoms with Crippen LogP contribution in [0, 0.1) is 0 Å². The number of anilines is 1. The Kier molecular flexibility index (Phi) is 6.17. The van der Waals surface area contributed by atoms with Crippen molar-refractivity contribution in [2.24, 2.45) is 0 Å². The summed E-state index contributed by atoms with van der Waals surface area (Å²) in [4.78, 5) is 36.7. The summed E-state index contributed by atoms with van der Waals surface area (Å²) in [6.07, 6.45) is 5.90. The molecule has 26 heavy (non-hydrogen) atoms. The topological polar surface area (TPSA) is 75.6 Å². The van der Waals surface area contributed by atoms with Crippen LogP contribution in [0.4, 0.5) is 5.95 Å². The van der Waals surface area contributed by atoms with Gasteiger partial charge in [-0.3, -0.25) is 4.79 Å². The summed E-state index contributed by atoms with van der Waals surface area (Å²) in [7, 11) is 1.71. The zero-order chi connectivity index (χ0) is 18.4. The number of rotatable bonds is 6. The summed E-state index contributed by atoms with van der Waals surface area (Å²) >= 11 is 1.59. The predicted octanol–water partition coefficient (Wildman–Crippen LogP) is 2.10. The quantitative estimate of drug-likeness (QED) is 0.721. The highest BCUT2D eigenvalue weighted by molar-refractivity contribution is 7.07. The summed E-state index contributed by atoms with van der Waals surface area (Å²) in [6.45, 7) is 0.961. The molecule has 0 aliphatic carbocycles. The first-order valence-corrected chi connectivity index (χ1v) is 9.55. The number of thiophene rings is 1. The summed E-state index contributed by atoms with van der Waals surface area (Å²) < 4.78 is 5.31. The van der Waals surface area contributed by atoms with Crippen LogP contribution < -0.4 is 4.90 Å². The van der Waals surface area contributed by atoms with Crippen LogP contribution >= 0.6 is 11.3 Å². The molecule has 1 atom stereocenters. The molecule has 0 radical (unpaired) electrons. The number of hydrogen-bond acceptors (Lipinski definition) is 7. The minimum Gasteiger partial charge on any atom is -0.454 e. The van der Waals surface area contributed by atoms with Crippen LogP contribution in [0.25, 0.3) is 0 Å².